The molecule has 0 aliphatic carbocycles. The summed E-state index contributed by atoms with van der Waals surface area (Å²) in [6.07, 6.45) is 4.08. The van der Waals surface area contributed by atoms with Crippen molar-refractivity contribution in [1.29, 1.82) is 0 Å². The van der Waals surface area contributed by atoms with Gasteiger partial charge in [0.1, 0.15) is 11.2 Å². The summed E-state index contributed by atoms with van der Waals surface area (Å²) in [5.74, 6) is -0.772. The molecular weight excluding hydrogens is 973 g/mol. The van der Waals surface area contributed by atoms with Crippen molar-refractivity contribution in [3.05, 3.63) is 103 Å². The van der Waals surface area contributed by atoms with Gasteiger partial charge < -0.3 is 44.4 Å². The van der Waals surface area contributed by atoms with Crippen LogP contribution in [-0.4, -0.2) is 200 Å². The Hall–Kier alpha value is -6.00. The largest absolute Gasteiger partial charge is 0.478 e. The summed E-state index contributed by atoms with van der Waals surface area (Å²) in [7, 11) is 0. The number of thiazole rings is 2. The summed E-state index contributed by atoms with van der Waals surface area (Å²) in [4.78, 5) is 95.1. The molecule has 10 rings (SSSR count). The maximum absolute atomic E-state index is 13.1. The molecule has 2 aromatic carbocycles. The van der Waals surface area contributed by atoms with Crippen LogP contribution in [0.4, 0.5) is 9.59 Å². The van der Waals surface area contributed by atoms with Gasteiger partial charge in [-0.3, -0.25) is 24.2 Å². The zero-order valence-electron chi connectivity index (χ0n) is 42.7. The van der Waals surface area contributed by atoms with Gasteiger partial charge in [0.15, 0.2) is 10.0 Å². The lowest BCUT2D eigenvalue weighted by Gasteiger charge is -2.48. The van der Waals surface area contributed by atoms with Crippen LogP contribution in [-0.2, 0) is 35.4 Å². The zero-order valence-corrected chi connectivity index (χ0v) is 44.3. The minimum absolute atomic E-state index is 0.0108. The number of aromatic carboxylic acids is 1. The molecule has 4 aromatic rings. The second-order valence-corrected chi connectivity index (χ2v) is 22.9. The van der Waals surface area contributed by atoms with E-state index in [0.717, 1.165) is 74.6 Å². The first-order chi connectivity index (χ1) is 34.8. The van der Waals surface area contributed by atoms with Gasteiger partial charge in [-0.2, -0.15) is 0 Å². The van der Waals surface area contributed by atoms with Gasteiger partial charge in [0.05, 0.1) is 5.56 Å². The number of aromatic nitrogens is 2. The Kier molecular flexibility index (Phi) is 16.8. The molecule has 0 radical (unpaired) electrons. The van der Waals surface area contributed by atoms with E-state index in [1.165, 1.54) is 22.7 Å². The molecule has 392 valence electrons. The molecule has 6 aliphatic heterocycles. The van der Waals surface area contributed by atoms with E-state index in [1.54, 1.807) is 40.4 Å². The van der Waals surface area contributed by atoms with E-state index >= 15 is 0 Å². The highest BCUT2D eigenvalue weighted by atomic mass is 32.1. The van der Waals surface area contributed by atoms with Gasteiger partial charge in [-0.15, -0.1) is 22.7 Å². The number of benzene rings is 2. The van der Waals surface area contributed by atoms with Gasteiger partial charge in [-0.25, -0.2) is 24.4 Å². The van der Waals surface area contributed by atoms with Crippen molar-refractivity contribution in [2.24, 2.45) is 0 Å². The predicted octanol–water partition coefficient (Wildman–Crippen LogP) is 5.27. The number of carboxylic acids is 1. The summed E-state index contributed by atoms with van der Waals surface area (Å²) < 4.78 is 10.8. The van der Waals surface area contributed by atoms with Crippen LogP contribution in [0.1, 0.15) is 104 Å². The summed E-state index contributed by atoms with van der Waals surface area (Å²) in [6, 6.07) is 11.9. The standard InChI is InChI=1S/C26H33N5O4S.C15H19NO4.C11H16N4OS/c1-26(2,3)35-25(34)30-8-6-18-14-19(4-5-20(18)15-30)23(32)31-16-21(17-31)28-9-11-29(12-10-28)24(33)22-27-7-13-36-22;1-15(2,3)20-14(19)16-7-6-10-8-11(13(17)18)4-5-12(10)9-16;16-11(10-13-1-6-17-10)15-4-2-14(3-5-15)9-7-12-8-9/h4-5,7,13-14,21H,6,8-12,15-17H2,1-3H3;4-5,8H,6-7,9H2,1-3H3,(H,17,18);1,6,9,12H,2-5,7-8H2. The van der Waals surface area contributed by atoms with E-state index in [2.05, 4.69) is 25.1 Å². The molecule has 0 bridgehead atoms. The highest BCUT2D eigenvalue weighted by molar-refractivity contribution is 7.11. The minimum atomic E-state index is -0.928. The molecule has 0 atom stereocenters. The van der Waals surface area contributed by atoms with Crippen molar-refractivity contribution in [3.8, 4) is 0 Å². The Morgan fingerprint density at radius 3 is 1.38 bits per heavy atom. The van der Waals surface area contributed by atoms with E-state index in [0.29, 0.717) is 92.9 Å². The molecule has 21 heteroatoms. The first kappa shape index (κ1) is 53.3. The number of amides is 5. The van der Waals surface area contributed by atoms with Crippen LogP contribution in [0.15, 0.2) is 59.6 Å². The third kappa shape index (κ3) is 13.8. The SMILES string of the molecule is CC(C)(C)OC(=O)N1CCc2cc(C(=O)N3CC(N4CCN(C(=O)c5nccs5)CC4)C3)ccc2C1.CC(C)(C)OC(=O)N1CCc2cc(C(=O)O)ccc2C1.O=C(c1nccs1)N1CCN(C2CNC2)CC1. The fraction of sp³-hybridized carbons (Fsp3) is 0.538. The molecule has 0 unspecified atom stereocenters. The fourth-order valence-corrected chi connectivity index (χ4v) is 10.6. The lowest BCUT2D eigenvalue weighted by Crippen LogP contribution is -2.64. The van der Waals surface area contributed by atoms with Crippen LogP contribution in [0.25, 0.3) is 0 Å². The van der Waals surface area contributed by atoms with Gasteiger partial charge in [-0.1, -0.05) is 12.1 Å². The van der Waals surface area contributed by atoms with E-state index in [4.69, 9.17) is 14.6 Å². The highest BCUT2D eigenvalue weighted by Gasteiger charge is 2.38. The average molecular weight is 1040 g/mol. The van der Waals surface area contributed by atoms with Crippen LogP contribution in [0, 0.1) is 0 Å². The second-order valence-electron chi connectivity index (χ2n) is 21.1. The molecule has 8 heterocycles. The summed E-state index contributed by atoms with van der Waals surface area (Å²) in [6.45, 7) is 23.5. The number of nitrogens with one attached hydrogen (secondary N) is 1. The molecule has 5 amide bonds. The fourth-order valence-electron chi connectivity index (χ4n) is 9.41. The summed E-state index contributed by atoms with van der Waals surface area (Å²) in [5.41, 5.74) is 4.12. The lowest BCUT2D eigenvalue weighted by molar-refractivity contribution is 0.00840. The van der Waals surface area contributed by atoms with Crippen molar-refractivity contribution in [2.45, 2.75) is 90.8 Å². The number of carbonyl (C=O) groups is 6. The van der Waals surface area contributed by atoms with Crippen LogP contribution >= 0.6 is 22.7 Å². The van der Waals surface area contributed by atoms with E-state index in [-0.39, 0.29) is 35.5 Å². The van der Waals surface area contributed by atoms with Crippen molar-refractivity contribution >= 4 is 58.6 Å². The number of rotatable bonds is 6. The Balaban J connectivity index is 0.000000161. The molecule has 4 saturated heterocycles. The number of likely N-dealkylation sites (tertiary alicyclic amines) is 1. The highest BCUT2D eigenvalue weighted by Crippen LogP contribution is 2.27. The molecule has 2 N–H and O–H groups in total. The number of nitrogens with zero attached hydrogens (tertiary/aromatic N) is 9. The van der Waals surface area contributed by atoms with E-state index in [9.17, 15) is 28.8 Å². The number of carboxylic acid groups (broad SMARTS) is 1. The quantitative estimate of drug-likeness (QED) is 0.253. The van der Waals surface area contributed by atoms with Gasteiger partial charge >= 0.3 is 18.2 Å². The Bertz CT molecular complexity index is 2590. The number of fused-ring (bicyclic) bond motifs is 2. The van der Waals surface area contributed by atoms with Crippen molar-refractivity contribution in [3.63, 3.8) is 0 Å². The summed E-state index contributed by atoms with van der Waals surface area (Å²) in [5, 5.41) is 17.1. The first-order valence-corrected chi connectivity index (χ1v) is 26.8. The Morgan fingerprint density at radius 2 is 0.986 bits per heavy atom. The molecule has 0 saturated carbocycles. The van der Waals surface area contributed by atoms with Crippen LogP contribution in [0.3, 0.4) is 0 Å². The van der Waals surface area contributed by atoms with Crippen molar-refractivity contribution in [1.82, 2.24) is 49.6 Å². The molecule has 6 aliphatic rings. The predicted molar refractivity (Wildman–Crippen MR) is 276 cm³/mol. The number of hydrogen-bond donors (Lipinski definition) is 2. The van der Waals surface area contributed by atoms with Gasteiger partial charge in [0.25, 0.3) is 17.7 Å². The van der Waals surface area contributed by atoms with E-state index in [1.807, 2.05) is 85.2 Å². The van der Waals surface area contributed by atoms with Gasteiger partial charge in [0.2, 0.25) is 0 Å². The normalized spacial score (nSPS) is 18.6. The number of carbonyl (C=O) groups excluding carboxylic acids is 5. The molecule has 2 aromatic heterocycles. The molecule has 0 spiro atoms. The number of hydrogen-bond acceptors (Lipinski definition) is 15. The lowest BCUT2D eigenvalue weighted by atomic mass is 9.96. The number of ether oxygens (including phenoxy) is 2. The van der Waals surface area contributed by atoms with Gasteiger partial charge in [0, 0.05) is 146 Å². The van der Waals surface area contributed by atoms with E-state index < -0.39 is 17.2 Å². The maximum Gasteiger partial charge on any atom is 0.410 e. The van der Waals surface area contributed by atoms with Gasteiger partial charge in [-0.05, 0) is 101 Å². The molecule has 19 nitrogen and oxygen atoms in total. The topological polar surface area (TPSA) is 202 Å². The van der Waals surface area contributed by atoms with Crippen molar-refractivity contribution in [2.75, 3.05) is 91.6 Å². The Labute approximate surface area is 435 Å². The average Bonchev–Trinajstić information content (AvgIpc) is 4.08. The smallest absolute Gasteiger partial charge is 0.410 e. The molecule has 4 fully saturated rings. The van der Waals surface area contributed by atoms with Crippen LogP contribution in [0.2, 0.25) is 0 Å². The molecular formula is C52H68N10O9S2. The first-order valence-electron chi connectivity index (χ1n) is 25.1. The van der Waals surface area contributed by atoms with Crippen LogP contribution in [0.5, 0.6) is 0 Å². The zero-order chi connectivity index (χ0) is 52.0. The molecule has 73 heavy (non-hydrogen) atoms. The maximum atomic E-state index is 13.1. The number of piperazine rings is 2. The second kappa shape index (κ2) is 23.0. The minimum Gasteiger partial charge on any atom is -0.478 e. The third-order valence-electron chi connectivity index (χ3n) is 13.6. The third-order valence-corrected chi connectivity index (χ3v) is 15.1. The van der Waals surface area contributed by atoms with Crippen molar-refractivity contribution < 1.29 is 43.3 Å². The monoisotopic (exact) mass is 1040 g/mol. The Morgan fingerprint density at radius 1 is 0.548 bits per heavy atom. The summed E-state index contributed by atoms with van der Waals surface area (Å²) >= 11 is 2.80. The van der Waals surface area contributed by atoms with Crippen LogP contribution < -0.4 is 5.32 Å².